The molecule has 1 heterocycles. The number of hydrogen-bond acceptors (Lipinski definition) is 3. The van der Waals surface area contributed by atoms with E-state index in [1.165, 1.54) is 0 Å². The van der Waals surface area contributed by atoms with Crippen molar-refractivity contribution < 1.29 is 9.90 Å². The molecule has 0 fully saturated rings. The number of nitrogens with zero attached hydrogens (tertiary/aromatic N) is 1. The van der Waals surface area contributed by atoms with Gasteiger partial charge in [-0.05, 0) is 24.5 Å². The molecule has 0 bridgehead atoms. The van der Waals surface area contributed by atoms with Gasteiger partial charge in [0.15, 0.2) is 0 Å². The smallest absolute Gasteiger partial charge is 0.303 e. The Bertz CT molecular complexity index is 330. The lowest BCUT2D eigenvalue weighted by Gasteiger charge is -2.13. The van der Waals surface area contributed by atoms with Gasteiger partial charge in [-0.1, -0.05) is 6.92 Å². The van der Waals surface area contributed by atoms with Gasteiger partial charge in [0.1, 0.15) is 5.82 Å². The normalized spacial score (nSPS) is 12.4. The molecule has 0 saturated heterocycles. The van der Waals surface area contributed by atoms with Crippen LogP contribution < -0.4 is 5.73 Å². The first-order valence-electron chi connectivity index (χ1n) is 4.45. The summed E-state index contributed by atoms with van der Waals surface area (Å²) in [5, 5.41) is 8.67. The molecule has 0 aliphatic carbocycles. The predicted molar refractivity (Wildman–Crippen MR) is 54.1 cm³/mol. The Morgan fingerprint density at radius 1 is 1.71 bits per heavy atom. The lowest BCUT2D eigenvalue weighted by atomic mass is 9.94. The van der Waals surface area contributed by atoms with E-state index in [0.29, 0.717) is 5.82 Å². The van der Waals surface area contributed by atoms with Crippen molar-refractivity contribution >= 4 is 11.8 Å². The minimum atomic E-state index is -0.819. The SMILES string of the molecule is Cc1ccnc(N)c1C(C)CC(=O)O. The highest BCUT2D eigenvalue weighted by Gasteiger charge is 2.15. The van der Waals surface area contributed by atoms with Gasteiger partial charge in [-0.2, -0.15) is 0 Å². The number of carboxylic acids is 1. The number of carboxylic acid groups (broad SMARTS) is 1. The van der Waals surface area contributed by atoms with Crippen LogP contribution in [0.5, 0.6) is 0 Å². The molecule has 4 nitrogen and oxygen atoms in total. The van der Waals surface area contributed by atoms with E-state index < -0.39 is 5.97 Å². The number of pyridine rings is 1. The second-order valence-corrected chi connectivity index (χ2v) is 3.43. The fourth-order valence-electron chi connectivity index (χ4n) is 1.60. The van der Waals surface area contributed by atoms with E-state index in [2.05, 4.69) is 4.98 Å². The first kappa shape index (κ1) is 10.5. The highest BCUT2D eigenvalue weighted by Crippen LogP contribution is 2.26. The van der Waals surface area contributed by atoms with E-state index in [0.717, 1.165) is 11.1 Å². The van der Waals surface area contributed by atoms with Crippen LogP contribution in [0.1, 0.15) is 30.4 Å². The fraction of sp³-hybridized carbons (Fsp3) is 0.400. The molecule has 76 valence electrons. The number of carbonyl (C=O) groups is 1. The Labute approximate surface area is 82.8 Å². The van der Waals surface area contributed by atoms with Gasteiger partial charge in [-0.15, -0.1) is 0 Å². The van der Waals surface area contributed by atoms with Crippen LogP contribution in [0.2, 0.25) is 0 Å². The molecule has 14 heavy (non-hydrogen) atoms. The molecule has 1 atom stereocenters. The molecule has 0 aliphatic heterocycles. The lowest BCUT2D eigenvalue weighted by Crippen LogP contribution is -2.08. The van der Waals surface area contributed by atoms with E-state index >= 15 is 0 Å². The van der Waals surface area contributed by atoms with E-state index in [1.807, 2.05) is 19.9 Å². The van der Waals surface area contributed by atoms with Gasteiger partial charge in [0.25, 0.3) is 0 Å². The summed E-state index contributed by atoms with van der Waals surface area (Å²) in [6.07, 6.45) is 1.71. The minimum Gasteiger partial charge on any atom is -0.481 e. The molecule has 3 N–H and O–H groups in total. The van der Waals surface area contributed by atoms with Gasteiger partial charge in [0, 0.05) is 11.8 Å². The second kappa shape index (κ2) is 4.09. The summed E-state index contributed by atoms with van der Waals surface area (Å²) in [6, 6.07) is 1.84. The molecular weight excluding hydrogens is 180 g/mol. The van der Waals surface area contributed by atoms with Crippen LogP contribution >= 0.6 is 0 Å². The van der Waals surface area contributed by atoms with Gasteiger partial charge in [0.2, 0.25) is 0 Å². The zero-order valence-electron chi connectivity index (χ0n) is 8.32. The largest absolute Gasteiger partial charge is 0.481 e. The first-order valence-corrected chi connectivity index (χ1v) is 4.45. The Hall–Kier alpha value is -1.58. The highest BCUT2D eigenvalue weighted by molar-refractivity contribution is 5.68. The molecule has 0 radical (unpaired) electrons. The van der Waals surface area contributed by atoms with Crippen LogP contribution in [-0.2, 0) is 4.79 Å². The summed E-state index contributed by atoms with van der Waals surface area (Å²) in [5.74, 6) is -0.486. The van der Waals surface area contributed by atoms with Crippen molar-refractivity contribution in [3.63, 3.8) is 0 Å². The average molecular weight is 194 g/mol. The van der Waals surface area contributed by atoms with Crippen molar-refractivity contribution in [1.82, 2.24) is 4.98 Å². The number of hydrogen-bond donors (Lipinski definition) is 2. The molecule has 0 aromatic carbocycles. The zero-order chi connectivity index (χ0) is 10.7. The van der Waals surface area contributed by atoms with Crippen molar-refractivity contribution in [2.45, 2.75) is 26.2 Å². The number of aryl methyl sites for hydroxylation is 1. The van der Waals surface area contributed by atoms with E-state index in [9.17, 15) is 4.79 Å². The van der Waals surface area contributed by atoms with Crippen LogP contribution in [0.25, 0.3) is 0 Å². The molecule has 1 rings (SSSR count). The summed E-state index contributed by atoms with van der Waals surface area (Å²) < 4.78 is 0. The van der Waals surface area contributed by atoms with Crippen LogP contribution in [0.15, 0.2) is 12.3 Å². The number of nitrogen functional groups attached to an aromatic ring is 1. The number of rotatable bonds is 3. The second-order valence-electron chi connectivity index (χ2n) is 3.43. The third kappa shape index (κ3) is 2.22. The van der Waals surface area contributed by atoms with Gasteiger partial charge in [-0.3, -0.25) is 4.79 Å². The zero-order valence-corrected chi connectivity index (χ0v) is 8.32. The van der Waals surface area contributed by atoms with Gasteiger partial charge >= 0.3 is 5.97 Å². The molecule has 1 aromatic rings. The minimum absolute atomic E-state index is 0.0801. The Kier molecular flexibility index (Phi) is 3.06. The summed E-state index contributed by atoms with van der Waals surface area (Å²) in [6.45, 7) is 3.75. The van der Waals surface area contributed by atoms with E-state index in [-0.39, 0.29) is 12.3 Å². The lowest BCUT2D eigenvalue weighted by molar-refractivity contribution is -0.137. The summed E-state index contributed by atoms with van der Waals surface area (Å²) >= 11 is 0. The maximum absolute atomic E-state index is 10.5. The fourth-order valence-corrected chi connectivity index (χ4v) is 1.60. The maximum Gasteiger partial charge on any atom is 0.303 e. The number of aliphatic carboxylic acids is 1. The molecule has 0 aliphatic rings. The van der Waals surface area contributed by atoms with Gasteiger partial charge < -0.3 is 10.8 Å². The monoisotopic (exact) mass is 194 g/mol. The van der Waals surface area contributed by atoms with Crippen LogP contribution in [0, 0.1) is 6.92 Å². The molecule has 0 amide bonds. The molecule has 1 unspecified atom stereocenters. The Balaban J connectivity index is 2.99. The van der Waals surface area contributed by atoms with Crippen molar-refractivity contribution in [3.05, 3.63) is 23.4 Å². The molecule has 0 saturated carbocycles. The van der Waals surface area contributed by atoms with Crippen molar-refractivity contribution in [2.24, 2.45) is 0 Å². The maximum atomic E-state index is 10.5. The first-order chi connectivity index (χ1) is 6.52. The molecule has 1 aromatic heterocycles. The molecular formula is C10H14N2O2. The quantitative estimate of drug-likeness (QED) is 0.765. The number of nitrogens with two attached hydrogens (primary N) is 1. The topological polar surface area (TPSA) is 76.2 Å². The van der Waals surface area contributed by atoms with Gasteiger partial charge in [0.05, 0.1) is 6.42 Å². The number of aromatic nitrogens is 1. The summed E-state index contributed by atoms with van der Waals surface area (Å²) in [7, 11) is 0. The van der Waals surface area contributed by atoms with Crippen molar-refractivity contribution in [1.29, 1.82) is 0 Å². The highest BCUT2D eigenvalue weighted by atomic mass is 16.4. The average Bonchev–Trinajstić information content (AvgIpc) is 2.01. The summed E-state index contributed by atoms with van der Waals surface area (Å²) in [5.41, 5.74) is 7.53. The van der Waals surface area contributed by atoms with E-state index in [4.69, 9.17) is 10.8 Å². The van der Waals surface area contributed by atoms with Crippen LogP contribution in [0.3, 0.4) is 0 Å². The van der Waals surface area contributed by atoms with Gasteiger partial charge in [-0.25, -0.2) is 4.98 Å². The van der Waals surface area contributed by atoms with E-state index in [1.54, 1.807) is 6.20 Å². The molecule has 4 heteroatoms. The predicted octanol–water partition coefficient (Wildman–Crippen LogP) is 1.55. The Morgan fingerprint density at radius 3 is 2.86 bits per heavy atom. The summed E-state index contributed by atoms with van der Waals surface area (Å²) in [4.78, 5) is 14.5. The van der Waals surface area contributed by atoms with Crippen molar-refractivity contribution in [3.8, 4) is 0 Å². The Morgan fingerprint density at radius 2 is 2.36 bits per heavy atom. The third-order valence-corrected chi connectivity index (χ3v) is 2.21. The standard InChI is InChI=1S/C10H14N2O2/c1-6-3-4-12-10(11)9(6)7(2)5-8(13)14/h3-4,7H,5H2,1-2H3,(H2,11,12)(H,13,14). The van der Waals surface area contributed by atoms with Crippen LogP contribution in [0.4, 0.5) is 5.82 Å². The molecule has 0 spiro atoms. The third-order valence-electron chi connectivity index (χ3n) is 2.21. The van der Waals surface area contributed by atoms with Crippen LogP contribution in [-0.4, -0.2) is 16.1 Å². The van der Waals surface area contributed by atoms with Crippen molar-refractivity contribution in [2.75, 3.05) is 5.73 Å². The number of anilines is 1.